The van der Waals surface area contributed by atoms with Crippen LogP contribution in [0.1, 0.15) is 47.0 Å². The van der Waals surface area contributed by atoms with Crippen molar-refractivity contribution in [3.8, 4) is 0 Å². The van der Waals surface area contributed by atoms with Crippen LogP contribution in [0.4, 0.5) is 0 Å². The second-order valence-electron chi connectivity index (χ2n) is 6.00. The standard InChI is InChI=1S/C12H23NO2/c1-9(2)7-13-12(10(14)15)6-5-11(3,4)8-12/h9,13H,5-8H2,1-4H3,(H,14,15). The Labute approximate surface area is 92.3 Å². The first kappa shape index (κ1) is 12.5. The van der Waals surface area contributed by atoms with Crippen molar-refractivity contribution < 1.29 is 9.90 Å². The number of hydrogen-bond acceptors (Lipinski definition) is 2. The molecule has 0 aromatic carbocycles. The molecule has 0 amide bonds. The van der Waals surface area contributed by atoms with Gasteiger partial charge in [-0.2, -0.15) is 0 Å². The molecule has 0 bridgehead atoms. The quantitative estimate of drug-likeness (QED) is 0.753. The van der Waals surface area contributed by atoms with Crippen LogP contribution in [0.2, 0.25) is 0 Å². The monoisotopic (exact) mass is 213 g/mol. The summed E-state index contributed by atoms with van der Waals surface area (Å²) in [7, 11) is 0. The van der Waals surface area contributed by atoms with Crippen molar-refractivity contribution in [2.45, 2.75) is 52.5 Å². The topological polar surface area (TPSA) is 49.3 Å². The predicted octanol–water partition coefficient (Wildman–Crippen LogP) is 2.27. The summed E-state index contributed by atoms with van der Waals surface area (Å²) in [6, 6.07) is 0. The van der Waals surface area contributed by atoms with E-state index in [9.17, 15) is 9.90 Å². The molecule has 15 heavy (non-hydrogen) atoms. The third-order valence-electron chi connectivity index (χ3n) is 3.27. The third kappa shape index (κ3) is 2.94. The second-order valence-corrected chi connectivity index (χ2v) is 6.00. The lowest BCUT2D eigenvalue weighted by atomic mass is 9.87. The fourth-order valence-corrected chi connectivity index (χ4v) is 2.35. The van der Waals surface area contributed by atoms with E-state index in [1.807, 2.05) is 0 Å². The zero-order chi connectivity index (χ0) is 11.7. The number of rotatable bonds is 4. The number of aliphatic carboxylic acids is 1. The maximum absolute atomic E-state index is 11.4. The van der Waals surface area contributed by atoms with Crippen LogP contribution in [0.5, 0.6) is 0 Å². The molecule has 1 saturated carbocycles. The fourth-order valence-electron chi connectivity index (χ4n) is 2.35. The summed E-state index contributed by atoms with van der Waals surface area (Å²) in [4.78, 5) is 11.4. The zero-order valence-corrected chi connectivity index (χ0v) is 10.3. The van der Waals surface area contributed by atoms with Gasteiger partial charge in [0.2, 0.25) is 0 Å². The van der Waals surface area contributed by atoms with Crippen molar-refractivity contribution in [2.24, 2.45) is 11.3 Å². The average Bonchev–Trinajstić information content (AvgIpc) is 2.40. The van der Waals surface area contributed by atoms with Gasteiger partial charge in [-0.25, -0.2) is 0 Å². The molecule has 1 fully saturated rings. The van der Waals surface area contributed by atoms with Gasteiger partial charge in [-0.3, -0.25) is 4.79 Å². The van der Waals surface area contributed by atoms with E-state index in [2.05, 4.69) is 33.0 Å². The molecule has 2 N–H and O–H groups in total. The number of carbonyl (C=O) groups is 1. The van der Waals surface area contributed by atoms with E-state index < -0.39 is 11.5 Å². The molecular weight excluding hydrogens is 190 g/mol. The maximum atomic E-state index is 11.4. The summed E-state index contributed by atoms with van der Waals surface area (Å²) in [6.45, 7) is 9.27. The Morgan fingerprint density at radius 2 is 2.00 bits per heavy atom. The minimum atomic E-state index is -0.686. The fraction of sp³-hybridized carbons (Fsp3) is 0.917. The summed E-state index contributed by atoms with van der Waals surface area (Å²) in [5.41, 5.74) is -0.518. The molecule has 0 aliphatic heterocycles. The van der Waals surface area contributed by atoms with E-state index >= 15 is 0 Å². The van der Waals surface area contributed by atoms with Crippen LogP contribution in [-0.4, -0.2) is 23.2 Å². The van der Waals surface area contributed by atoms with Crippen LogP contribution in [0.25, 0.3) is 0 Å². The SMILES string of the molecule is CC(C)CNC1(C(=O)O)CCC(C)(C)C1. The molecule has 0 heterocycles. The Morgan fingerprint density at radius 1 is 1.40 bits per heavy atom. The summed E-state index contributed by atoms with van der Waals surface area (Å²) in [6.07, 6.45) is 2.48. The van der Waals surface area contributed by atoms with E-state index in [1.165, 1.54) is 0 Å². The van der Waals surface area contributed by atoms with Crippen LogP contribution in [-0.2, 0) is 4.79 Å². The summed E-state index contributed by atoms with van der Waals surface area (Å²) >= 11 is 0. The molecule has 0 saturated heterocycles. The van der Waals surface area contributed by atoms with Crippen LogP contribution in [0, 0.1) is 11.3 Å². The van der Waals surface area contributed by atoms with Gasteiger partial charge in [-0.05, 0) is 37.1 Å². The van der Waals surface area contributed by atoms with Gasteiger partial charge in [0.25, 0.3) is 0 Å². The molecule has 3 nitrogen and oxygen atoms in total. The smallest absolute Gasteiger partial charge is 0.323 e. The van der Waals surface area contributed by atoms with Gasteiger partial charge < -0.3 is 10.4 Å². The van der Waals surface area contributed by atoms with Crippen LogP contribution >= 0.6 is 0 Å². The van der Waals surface area contributed by atoms with Crippen LogP contribution in [0.3, 0.4) is 0 Å². The number of hydrogen-bond donors (Lipinski definition) is 2. The minimum absolute atomic E-state index is 0.155. The summed E-state index contributed by atoms with van der Waals surface area (Å²) in [5.74, 6) is -0.196. The van der Waals surface area contributed by atoms with Crippen molar-refractivity contribution in [2.75, 3.05) is 6.54 Å². The van der Waals surface area contributed by atoms with Crippen molar-refractivity contribution >= 4 is 5.97 Å². The van der Waals surface area contributed by atoms with Crippen molar-refractivity contribution in [3.05, 3.63) is 0 Å². The largest absolute Gasteiger partial charge is 0.480 e. The van der Waals surface area contributed by atoms with Gasteiger partial charge in [0.05, 0.1) is 0 Å². The highest BCUT2D eigenvalue weighted by molar-refractivity contribution is 5.79. The zero-order valence-electron chi connectivity index (χ0n) is 10.3. The lowest BCUT2D eigenvalue weighted by Crippen LogP contribution is -2.51. The Balaban J connectivity index is 2.69. The molecule has 0 aromatic heterocycles. The molecule has 1 aliphatic rings. The number of carboxylic acid groups (broad SMARTS) is 1. The first-order valence-electron chi connectivity index (χ1n) is 5.76. The first-order chi connectivity index (χ1) is 6.77. The highest BCUT2D eigenvalue weighted by Gasteiger charge is 2.48. The van der Waals surface area contributed by atoms with Crippen molar-refractivity contribution in [1.29, 1.82) is 0 Å². The highest BCUT2D eigenvalue weighted by Crippen LogP contribution is 2.43. The molecule has 1 unspecified atom stereocenters. The van der Waals surface area contributed by atoms with Gasteiger partial charge in [0.15, 0.2) is 0 Å². The Kier molecular flexibility index (Phi) is 3.44. The molecule has 0 spiro atoms. The van der Waals surface area contributed by atoms with Crippen molar-refractivity contribution in [3.63, 3.8) is 0 Å². The molecule has 88 valence electrons. The van der Waals surface area contributed by atoms with E-state index in [0.717, 1.165) is 25.8 Å². The second kappa shape index (κ2) is 4.12. The van der Waals surface area contributed by atoms with Crippen molar-refractivity contribution in [1.82, 2.24) is 5.32 Å². The van der Waals surface area contributed by atoms with Gasteiger partial charge >= 0.3 is 5.97 Å². The number of nitrogens with one attached hydrogen (secondary N) is 1. The first-order valence-corrected chi connectivity index (χ1v) is 5.76. The van der Waals surface area contributed by atoms with Gasteiger partial charge in [-0.15, -0.1) is 0 Å². The summed E-state index contributed by atoms with van der Waals surface area (Å²) < 4.78 is 0. The molecule has 3 heteroatoms. The van der Waals surface area contributed by atoms with Gasteiger partial charge in [0, 0.05) is 0 Å². The number of carboxylic acids is 1. The van der Waals surface area contributed by atoms with E-state index in [-0.39, 0.29) is 5.41 Å². The summed E-state index contributed by atoms with van der Waals surface area (Å²) in [5, 5.41) is 12.6. The molecular formula is C12H23NO2. The van der Waals surface area contributed by atoms with Gasteiger partial charge in [0.1, 0.15) is 5.54 Å². The predicted molar refractivity (Wildman–Crippen MR) is 60.8 cm³/mol. The molecule has 1 rings (SSSR count). The molecule has 0 aromatic rings. The van der Waals surface area contributed by atoms with E-state index in [1.54, 1.807) is 0 Å². The third-order valence-corrected chi connectivity index (χ3v) is 3.27. The lowest BCUT2D eigenvalue weighted by molar-refractivity contribution is -0.145. The van der Waals surface area contributed by atoms with Crippen LogP contribution in [0.15, 0.2) is 0 Å². The van der Waals surface area contributed by atoms with Gasteiger partial charge in [-0.1, -0.05) is 27.7 Å². The lowest BCUT2D eigenvalue weighted by Gasteiger charge is -2.28. The highest BCUT2D eigenvalue weighted by atomic mass is 16.4. The van der Waals surface area contributed by atoms with E-state index in [4.69, 9.17) is 0 Å². The Bertz CT molecular complexity index is 248. The van der Waals surface area contributed by atoms with E-state index in [0.29, 0.717) is 5.92 Å². The van der Waals surface area contributed by atoms with Crippen LogP contribution < -0.4 is 5.32 Å². The minimum Gasteiger partial charge on any atom is -0.480 e. The maximum Gasteiger partial charge on any atom is 0.323 e. The average molecular weight is 213 g/mol. The molecule has 1 aliphatic carbocycles. The normalized spacial score (nSPS) is 29.7. The molecule has 1 atom stereocenters. The Hall–Kier alpha value is -0.570. The Morgan fingerprint density at radius 3 is 2.33 bits per heavy atom. The molecule has 0 radical (unpaired) electrons.